The number of aromatic amines is 2. The van der Waals surface area contributed by atoms with Gasteiger partial charge < -0.3 is 19.3 Å². The summed E-state index contributed by atoms with van der Waals surface area (Å²) in [7, 11) is 0. The smallest absolute Gasteiger partial charge is 0.283 e. The Labute approximate surface area is 187 Å². The van der Waals surface area contributed by atoms with Crippen molar-refractivity contribution >= 4 is 22.8 Å². The molecule has 5 rings (SSSR count). The molecule has 0 aliphatic carbocycles. The van der Waals surface area contributed by atoms with Crippen LogP contribution in [0.2, 0.25) is 0 Å². The molecule has 5 aromatic rings. The van der Waals surface area contributed by atoms with Crippen LogP contribution in [-0.4, -0.2) is 40.7 Å². The van der Waals surface area contributed by atoms with Crippen LogP contribution in [0.5, 0.6) is 5.75 Å². The topological polar surface area (TPSA) is 106 Å². The monoisotopic (exact) mass is 447 g/mol. The van der Waals surface area contributed by atoms with E-state index >= 15 is 0 Å². The zero-order chi connectivity index (χ0) is 21.9. The third-order valence-electron chi connectivity index (χ3n) is 4.96. The van der Waals surface area contributed by atoms with Gasteiger partial charge in [-0.15, -0.1) is 0 Å². The summed E-state index contributed by atoms with van der Waals surface area (Å²) in [5, 5.41) is 0.596. The molecule has 10 heteroatoms. The first-order chi connectivity index (χ1) is 15.7. The number of rotatable bonds is 8. The van der Waals surface area contributed by atoms with E-state index in [2.05, 4.69) is 19.9 Å². The summed E-state index contributed by atoms with van der Waals surface area (Å²) >= 11 is 1.47. The van der Waals surface area contributed by atoms with Crippen LogP contribution in [0, 0.1) is 0 Å². The maximum Gasteiger partial charge on any atom is 0.283 e. The Balaban J connectivity index is 1.48. The molecule has 0 saturated heterocycles. The maximum absolute atomic E-state index is 13.3. The van der Waals surface area contributed by atoms with Crippen molar-refractivity contribution in [3.05, 3.63) is 83.3 Å². The van der Waals surface area contributed by atoms with Gasteiger partial charge in [-0.1, -0.05) is 11.8 Å². The highest BCUT2D eigenvalue weighted by atomic mass is 32.2. The summed E-state index contributed by atoms with van der Waals surface area (Å²) in [6, 6.07) is 9.25. The van der Waals surface area contributed by atoms with E-state index in [-0.39, 0.29) is 5.56 Å². The van der Waals surface area contributed by atoms with Crippen molar-refractivity contribution in [1.29, 1.82) is 0 Å². The highest BCUT2D eigenvalue weighted by Gasteiger charge is 2.16. The molecule has 0 amide bonds. The molecule has 0 saturated carbocycles. The molecule has 162 valence electrons. The third-order valence-corrected chi connectivity index (χ3v) is 5.90. The Morgan fingerprint density at radius 3 is 2.72 bits per heavy atom. The Morgan fingerprint density at radius 1 is 1.06 bits per heavy atom. The molecule has 0 aliphatic rings. The van der Waals surface area contributed by atoms with Gasteiger partial charge in [0.25, 0.3) is 5.56 Å². The number of benzene rings is 1. The molecule has 32 heavy (non-hydrogen) atoms. The Morgan fingerprint density at radius 2 is 1.94 bits per heavy atom. The van der Waals surface area contributed by atoms with Crippen LogP contribution in [0.4, 0.5) is 0 Å². The van der Waals surface area contributed by atoms with Crippen molar-refractivity contribution in [2.75, 3.05) is 6.61 Å². The zero-order valence-corrected chi connectivity index (χ0v) is 18.2. The van der Waals surface area contributed by atoms with Crippen LogP contribution < -0.4 is 10.3 Å². The second-order valence-corrected chi connectivity index (χ2v) is 7.94. The predicted octanol–water partition coefficient (Wildman–Crippen LogP) is 3.37. The van der Waals surface area contributed by atoms with Gasteiger partial charge >= 0.3 is 0 Å². The minimum Gasteiger partial charge on any atom is -0.494 e. The van der Waals surface area contributed by atoms with Crippen LogP contribution >= 0.6 is 11.8 Å². The number of imidazole rings is 2. The Hall–Kier alpha value is -3.79. The molecule has 0 spiro atoms. The van der Waals surface area contributed by atoms with Crippen LogP contribution in [0.15, 0.2) is 71.3 Å². The molecule has 4 heterocycles. The number of hydrogen-bond acceptors (Lipinski definition) is 6. The van der Waals surface area contributed by atoms with E-state index in [1.165, 1.54) is 11.8 Å². The van der Waals surface area contributed by atoms with Crippen molar-refractivity contribution in [3.8, 4) is 11.4 Å². The normalized spacial score (nSPS) is 11.3. The third kappa shape index (κ3) is 3.92. The number of aromatic nitrogens is 7. The molecule has 0 aliphatic heterocycles. The number of nitrogens with zero attached hydrogens (tertiary/aromatic N) is 5. The van der Waals surface area contributed by atoms with Gasteiger partial charge in [-0.3, -0.25) is 9.36 Å². The number of fused-ring (bicyclic) bond motifs is 1. The van der Waals surface area contributed by atoms with E-state index in [4.69, 9.17) is 9.72 Å². The highest BCUT2D eigenvalue weighted by molar-refractivity contribution is 7.98. The van der Waals surface area contributed by atoms with E-state index in [0.29, 0.717) is 35.1 Å². The van der Waals surface area contributed by atoms with Gasteiger partial charge in [-0.25, -0.2) is 15.0 Å². The first kappa shape index (κ1) is 20.1. The average molecular weight is 448 g/mol. The van der Waals surface area contributed by atoms with Crippen LogP contribution in [0.1, 0.15) is 18.6 Å². The fraction of sp³-hybridized carbons (Fsp3) is 0.182. The van der Waals surface area contributed by atoms with Gasteiger partial charge in [0, 0.05) is 31.0 Å². The fourth-order valence-electron chi connectivity index (χ4n) is 3.46. The summed E-state index contributed by atoms with van der Waals surface area (Å²) in [5.41, 5.74) is 1.69. The van der Waals surface area contributed by atoms with Crippen molar-refractivity contribution in [2.24, 2.45) is 0 Å². The lowest BCUT2D eigenvalue weighted by atomic mass is 10.3. The first-order valence-electron chi connectivity index (χ1n) is 10.2. The maximum atomic E-state index is 13.3. The minimum atomic E-state index is -0.148. The summed E-state index contributed by atoms with van der Waals surface area (Å²) < 4.78 is 9.19. The quantitative estimate of drug-likeness (QED) is 0.279. The second-order valence-electron chi connectivity index (χ2n) is 7.00. The van der Waals surface area contributed by atoms with Crippen LogP contribution in [0.25, 0.3) is 16.7 Å². The average Bonchev–Trinajstić information content (AvgIpc) is 3.56. The molecule has 4 aromatic heterocycles. The fourth-order valence-corrected chi connectivity index (χ4v) is 4.44. The molecular formula is C22H21N7O2S. The number of ether oxygens (including phenoxy) is 1. The standard InChI is InChI=1S/C22H21N7O2S/c1-2-31-16-5-3-15(4-6-16)29-21(30)20-17(7-8-26-20)27-22(29)32-14-19-25-11-12-28(19)13-18-23-9-10-24-18/h3-12,26H,2,13-14H2,1H3,(H,23,24). The molecule has 0 unspecified atom stereocenters. The van der Waals surface area contributed by atoms with E-state index in [9.17, 15) is 4.79 Å². The van der Waals surface area contributed by atoms with E-state index in [1.807, 2.05) is 42.0 Å². The second kappa shape index (κ2) is 8.75. The van der Waals surface area contributed by atoms with Gasteiger partial charge in [0.1, 0.15) is 22.9 Å². The number of H-pyrrole nitrogens is 2. The Bertz CT molecular complexity index is 1380. The number of nitrogens with one attached hydrogen (secondary N) is 2. The summed E-state index contributed by atoms with van der Waals surface area (Å²) in [4.78, 5) is 32.9. The van der Waals surface area contributed by atoms with E-state index in [1.54, 1.807) is 35.4 Å². The molecule has 0 fully saturated rings. The predicted molar refractivity (Wildman–Crippen MR) is 122 cm³/mol. The van der Waals surface area contributed by atoms with Crippen molar-refractivity contribution in [2.45, 2.75) is 24.4 Å². The highest BCUT2D eigenvalue weighted by Crippen LogP contribution is 2.25. The largest absolute Gasteiger partial charge is 0.494 e. The van der Waals surface area contributed by atoms with Crippen LogP contribution in [-0.2, 0) is 12.3 Å². The molecule has 0 atom stereocenters. The van der Waals surface area contributed by atoms with E-state index < -0.39 is 0 Å². The van der Waals surface area contributed by atoms with Crippen molar-refractivity contribution < 1.29 is 4.74 Å². The molecule has 2 N–H and O–H groups in total. The van der Waals surface area contributed by atoms with Crippen molar-refractivity contribution in [1.82, 2.24) is 34.1 Å². The summed E-state index contributed by atoms with van der Waals surface area (Å²) in [6.07, 6.45) is 8.94. The van der Waals surface area contributed by atoms with Gasteiger partial charge in [0.15, 0.2) is 5.16 Å². The summed E-state index contributed by atoms with van der Waals surface area (Å²) in [5.74, 6) is 3.03. The van der Waals surface area contributed by atoms with Gasteiger partial charge in [0.2, 0.25) is 0 Å². The summed E-state index contributed by atoms with van der Waals surface area (Å²) in [6.45, 7) is 3.12. The van der Waals surface area contributed by atoms with E-state index in [0.717, 1.165) is 23.1 Å². The first-order valence-corrected chi connectivity index (χ1v) is 11.2. The Kier molecular flexibility index (Phi) is 5.51. The van der Waals surface area contributed by atoms with Gasteiger partial charge in [-0.05, 0) is 37.3 Å². The molecule has 1 aromatic carbocycles. The molecule has 0 bridgehead atoms. The van der Waals surface area contributed by atoms with Gasteiger partial charge in [0.05, 0.1) is 30.1 Å². The minimum absolute atomic E-state index is 0.148. The van der Waals surface area contributed by atoms with Crippen LogP contribution in [0.3, 0.4) is 0 Å². The number of hydrogen-bond donors (Lipinski definition) is 2. The van der Waals surface area contributed by atoms with Crippen molar-refractivity contribution in [3.63, 3.8) is 0 Å². The molecular weight excluding hydrogens is 426 g/mol. The zero-order valence-electron chi connectivity index (χ0n) is 17.4. The van der Waals surface area contributed by atoms with Gasteiger partial charge in [-0.2, -0.15) is 0 Å². The lowest BCUT2D eigenvalue weighted by Gasteiger charge is -2.13. The lowest BCUT2D eigenvalue weighted by molar-refractivity contribution is 0.340. The molecule has 9 nitrogen and oxygen atoms in total. The number of thioether (sulfide) groups is 1. The molecule has 0 radical (unpaired) electrons. The SMILES string of the molecule is CCOc1ccc(-n2c(SCc3nccn3Cc3ncc[nH]3)nc3cc[nH]c3c2=O)cc1. The lowest BCUT2D eigenvalue weighted by Crippen LogP contribution is -2.21.